The van der Waals surface area contributed by atoms with Crippen molar-refractivity contribution >= 4 is 10.9 Å². The van der Waals surface area contributed by atoms with Gasteiger partial charge in [0.05, 0.1) is 5.52 Å². The van der Waals surface area contributed by atoms with Crippen LogP contribution < -0.4 is 5.73 Å². The highest BCUT2D eigenvalue weighted by molar-refractivity contribution is 5.86. The molecule has 2 heteroatoms. The van der Waals surface area contributed by atoms with E-state index in [0.29, 0.717) is 0 Å². The number of aryl methyl sites for hydroxylation is 3. The van der Waals surface area contributed by atoms with Crippen molar-refractivity contribution in [2.75, 3.05) is 0 Å². The zero-order chi connectivity index (χ0) is 12.9. The van der Waals surface area contributed by atoms with E-state index in [9.17, 15) is 0 Å². The molecule has 1 heterocycles. The van der Waals surface area contributed by atoms with E-state index >= 15 is 0 Å². The summed E-state index contributed by atoms with van der Waals surface area (Å²) in [6, 6.07) is 4.55. The van der Waals surface area contributed by atoms with Gasteiger partial charge in [0, 0.05) is 17.1 Å². The molecule has 0 saturated heterocycles. The van der Waals surface area contributed by atoms with Crippen molar-refractivity contribution in [3.05, 3.63) is 40.1 Å². The SMILES string of the molecule is Cc1cc2nc3c(c(C(C)N)c2cc1C)CCC3. The van der Waals surface area contributed by atoms with Gasteiger partial charge in [-0.25, -0.2) is 0 Å². The Hall–Kier alpha value is -1.41. The summed E-state index contributed by atoms with van der Waals surface area (Å²) in [6.45, 7) is 6.39. The summed E-state index contributed by atoms with van der Waals surface area (Å²) in [6.07, 6.45) is 3.47. The molecule has 2 N–H and O–H groups in total. The number of aromatic nitrogens is 1. The molecule has 1 atom stereocenters. The number of rotatable bonds is 1. The third kappa shape index (κ3) is 1.64. The predicted octanol–water partition coefficient (Wildman–Crippen LogP) is 3.36. The quantitative estimate of drug-likeness (QED) is 0.830. The molecule has 0 radical (unpaired) electrons. The van der Waals surface area contributed by atoms with Crippen molar-refractivity contribution in [3.63, 3.8) is 0 Å². The number of hydrogen-bond acceptors (Lipinski definition) is 2. The minimum Gasteiger partial charge on any atom is -0.324 e. The van der Waals surface area contributed by atoms with Crippen LogP contribution in [-0.2, 0) is 12.8 Å². The number of benzene rings is 1. The molecule has 1 aliphatic carbocycles. The molecule has 2 nitrogen and oxygen atoms in total. The van der Waals surface area contributed by atoms with Crippen molar-refractivity contribution in [2.24, 2.45) is 5.73 Å². The summed E-state index contributed by atoms with van der Waals surface area (Å²) in [5.41, 5.74) is 14.0. The first-order valence-corrected chi connectivity index (χ1v) is 6.76. The lowest BCUT2D eigenvalue weighted by atomic mass is 9.94. The minimum absolute atomic E-state index is 0.0875. The predicted molar refractivity (Wildman–Crippen MR) is 75.8 cm³/mol. The van der Waals surface area contributed by atoms with Crippen LogP contribution in [0.2, 0.25) is 0 Å². The average molecular weight is 240 g/mol. The Balaban J connectivity index is 2.42. The van der Waals surface area contributed by atoms with Crippen LogP contribution in [0.15, 0.2) is 12.1 Å². The molecule has 94 valence electrons. The van der Waals surface area contributed by atoms with E-state index in [1.54, 1.807) is 0 Å². The standard InChI is InChI=1S/C16H20N2/c1-9-7-13-15(8-10(9)2)18-14-6-4-5-12(14)16(13)11(3)17/h7-8,11H,4-6,17H2,1-3H3. The highest BCUT2D eigenvalue weighted by atomic mass is 14.7. The van der Waals surface area contributed by atoms with Gasteiger partial charge in [0.2, 0.25) is 0 Å². The van der Waals surface area contributed by atoms with Crippen molar-refractivity contribution in [3.8, 4) is 0 Å². The lowest BCUT2D eigenvalue weighted by molar-refractivity contribution is 0.806. The molecule has 0 saturated carbocycles. The van der Waals surface area contributed by atoms with E-state index in [1.807, 2.05) is 0 Å². The van der Waals surface area contributed by atoms with E-state index in [-0.39, 0.29) is 6.04 Å². The Kier molecular flexibility index (Phi) is 2.63. The number of nitrogens with two attached hydrogens (primary N) is 1. The van der Waals surface area contributed by atoms with Crippen LogP contribution >= 0.6 is 0 Å². The molecule has 1 unspecified atom stereocenters. The summed E-state index contributed by atoms with van der Waals surface area (Å²) < 4.78 is 0. The second-order valence-corrected chi connectivity index (χ2v) is 5.55. The molecule has 0 fully saturated rings. The summed E-state index contributed by atoms with van der Waals surface area (Å²) in [5, 5.41) is 1.26. The Morgan fingerprint density at radius 3 is 2.61 bits per heavy atom. The maximum absolute atomic E-state index is 6.21. The highest BCUT2D eigenvalue weighted by Crippen LogP contribution is 2.34. The summed E-state index contributed by atoms with van der Waals surface area (Å²) >= 11 is 0. The molecule has 1 aromatic heterocycles. The molecule has 1 aromatic carbocycles. The van der Waals surface area contributed by atoms with Crippen LogP contribution in [0.25, 0.3) is 10.9 Å². The van der Waals surface area contributed by atoms with Gasteiger partial charge in [-0.3, -0.25) is 4.98 Å². The van der Waals surface area contributed by atoms with Crippen LogP contribution in [0.5, 0.6) is 0 Å². The molecule has 0 bridgehead atoms. The lowest BCUT2D eigenvalue weighted by Gasteiger charge is -2.16. The lowest BCUT2D eigenvalue weighted by Crippen LogP contribution is -2.10. The van der Waals surface area contributed by atoms with Gasteiger partial charge in [-0.05, 0) is 74.4 Å². The second kappa shape index (κ2) is 4.06. The fourth-order valence-corrected chi connectivity index (χ4v) is 3.08. The first kappa shape index (κ1) is 11.7. The van der Waals surface area contributed by atoms with Gasteiger partial charge in [0.1, 0.15) is 0 Å². The van der Waals surface area contributed by atoms with E-state index in [0.717, 1.165) is 18.4 Å². The largest absolute Gasteiger partial charge is 0.324 e. The molecule has 0 amide bonds. The van der Waals surface area contributed by atoms with Crippen LogP contribution in [-0.4, -0.2) is 4.98 Å². The zero-order valence-corrected chi connectivity index (χ0v) is 11.4. The third-order valence-electron chi connectivity index (χ3n) is 4.13. The van der Waals surface area contributed by atoms with E-state index in [1.165, 1.54) is 39.8 Å². The topological polar surface area (TPSA) is 38.9 Å². The maximum atomic E-state index is 6.21. The Bertz CT molecular complexity index is 627. The first-order valence-electron chi connectivity index (χ1n) is 6.76. The average Bonchev–Trinajstić information content (AvgIpc) is 2.74. The highest BCUT2D eigenvalue weighted by Gasteiger charge is 2.21. The molecule has 0 spiro atoms. The van der Waals surface area contributed by atoms with Gasteiger partial charge < -0.3 is 5.73 Å². The monoisotopic (exact) mass is 240 g/mol. The van der Waals surface area contributed by atoms with Gasteiger partial charge in [0.25, 0.3) is 0 Å². The van der Waals surface area contributed by atoms with Crippen molar-refractivity contribution in [1.82, 2.24) is 4.98 Å². The van der Waals surface area contributed by atoms with Crippen molar-refractivity contribution in [2.45, 2.75) is 46.1 Å². The Morgan fingerprint density at radius 1 is 1.17 bits per heavy atom. The summed E-state index contributed by atoms with van der Waals surface area (Å²) in [5.74, 6) is 0. The first-order chi connectivity index (χ1) is 8.58. The summed E-state index contributed by atoms with van der Waals surface area (Å²) in [7, 11) is 0. The zero-order valence-electron chi connectivity index (χ0n) is 11.4. The number of fused-ring (bicyclic) bond motifs is 2. The van der Waals surface area contributed by atoms with Gasteiger partial charge in [-0.2, -0.15) is 0 Å². The second-order valence-electron chi connectivity index (χ2n) is 5.55. The summed E-state index contributed by atoms with van der Waals surface area (Å²) in [4.78, 5) is 4.85. The van der Waals surface area contributed by atoms with E-state index < -0.39 is 0 Å². The molecule has 18 heavy (non-hydrogen) atoms. The molecule has 1 aliphatic rings. The van der Waals surface area contributed by atoms with Crippen molar-refractivity contribution in [1.29, 1.82) is 0 Å². The van der Waals surface area contributed by atoms with Gasteiger partial charge >= 0.3 is 0 Å². The Morgan fingerprint density at radius 2 is 1.89 bits per heavy atom. The molecule has 0 aliphatic heterocycles. The van der Waals surface area contributed by atoms with Crippen molar-refractivity contribution < 1.29 is 0 Å². The van der Waals surface area contributed by atoms with Crippen LogP contribution in [0, 0.1) is 13.8 Å². The number of nitrogens with zero attached hydrogens (tertiary/aromatic N) is 1. The Labute approximate surface area is 108 Å². The van der Waals surface area contributed by atoms with Crippen LogP contribution in [0.4, 0.5) is 0 Å². The smallest absolute Gasteiger partial charge is 0.0711 e. The molecule has 2 aromatic rings. The fraction of sp³-hybridized carbons (Fsp3) is 0.438. The van der Waals surface area contributed by atoms with Gasteiger partial charge in [0.15, 0.2) is 0 Å². The van der Waals surface area contributed by atoms with Gasteiger partial charge in [-0.1, -0.05) is 0 Å². The van der Waals surface area contributed by atoms with Crippen LogP contribution in [0.3, 0.4) is 0 Å². The normalized spacial score (nSPS) is 16.0. The third-order valence-corrected chi connectivity index (χ3v) is 4.13. The van der Waals surface area contributed by atoms with E-state index in [4.69, 9.17) is 10.7 Å². The molecule has 3 rings (SSSR count). The van der Waals surface area contributed by atoms with Gasteiger partial charge in [-0.15, -0.1) is 0 Å². The maximum Gasteiger partial charge on any atom is 0.0711 e. The fourth-order valence-electron chi connectivity index (χ4n) is 3.08. The molecular weight excluding hydrogens is 220 g/mol. The number of pyridine rings is 1. The van der Waals surface area contributed by atoms with Crippen LogP contribution in [0.1, 0.15) is 47.3 Å². The van der Waals surface area contributed by atoms with E-state index in [2.05, 4.69) is 32.9 Å². The minimum atomic E-state index is 0.0875. The number of hydrogen-bond donors (Lipinski definition) is 1. The molecular formula is C16H20N2.